The number of carbonyl (C=O) groups excluding carboxylic acids is 2. The van der Waals surface area contributed by atoms with Crippen LogP contribution in [-0.2, 0) is 0 Å². The number of nitrogens with zero attached hydrogens (tertiary/aromatic N) is 4. The summed E-state index contributed by atoms with van der Waals surface area (Å²) >= 11 is 0. The summed E-state index contributed by atoms with van der Waals surface area (Å²) in [6.45, 7) is 0. The van der Waals surface area contributed by atoms with Gasteiger partial charge in [0, 0.05) is 34.4 Å². The van der Waals surface area contributed by atoms with Gasteiger partial charge >= 0.3 is 0 Å². The highest BCUT2D eigenvalue weighted by atomic mass is 16.5. The van der Waals surface area contributed by atoms with Gasteiger partial charge in [-0.15, -0.1) is 0 Å². The van der Waals surface area contributed by atoms with Crippen molar-refractivity contribution in [3.05, 3.63) is 107 Å². The predicted octanol–water partition coefficient (Wildman–Crippen LogP) is 5.79. The predicted molar refractivity (Wildman–Crippen MR) is 137 cm³/mol. The Hall–Kier alpha value is -5.30. The van der Waals surface area contributed by atoms with Crippen molar-refractivity contribution in [2.45, 2.75) is 0 Å². The Kier molecular flexibility index (Phi) is 3.84. The molecular weight excluding hydrogens is 464 g/mol. The Morgan fingerprint density at radius 1 is 0.432 bits per heavy atom. The van der Waals surface area contributed by atoms with Gasteiger partial charge < -0.3 is 4.74 Å². The number of hydrogen-bond acceptors (Lipinski definition) is 7. The van der Waals surface area contributed by atoms with E-state index in [2.05, 4.69) is 9.97 Å². The van der Waals surface area contributed by atoms with E-state index in [0.717, 1.165) is 11.1 Å². The fraction of sp³-hybridized carbons (Fsp3) is 0. The van der Waals surface area contributed by atoms with Gasteiger partial charge in [-0.1, -0.05) is 48.5 Å². The van der Waals surface area contributed by atoms with Gasteiger partial charge in [0.2, 0.25) is 11.6 Å². The Bertz CT molecular complexity index is 2020. The van der Waals surface area contributed by atoms with Crippen molar-refractivity contribution in [3.63, 3.8) is 0 Å². The molecule has 172 valence electrons. The topological polar surface area (TPSA) is 94.9 Å². The van der Waals surface area contributed by atoms with E-state index in [9.17, 15) is 9.59 Å². The summed E-state index contributed by atoms with van der Waals surface area (Å²) in [4.78, 5) is 44.2. The molecular formula is C30H14N4O3. The molecule has 2 aromatic heterocycles. The first-order valence-electron chi connectivity index (χ1n) is 11.7. The zero-order valence-electron chi connectivity index (χ0n) is 19.1. The second-order valence-electron chi connectivity index (χ2n) is 8.99. The Balaban J connectivity index is 1.17. The van der Waals surface area contributed by atoms with Gasteiger partial charge in [0.25, 0.3) is 0 Å². The minimum absolute atomic E-state index is 0.106. The third kappa shape index (κ3) is 2.82. The highest BCUT2D eigenvalue weighted by Crippen LogP contribution is 2.37. The number of aromatic nitrogens is 4. The normalized spacial score (nSPS) is 13.0. The van der Waals surface area contributed by atoms with Crippen LogP contribution in [0.25, 0.3) is 44.6 Å². The Morgan fingerprint density at radius 2 is 0.838 bits per heavy atom. The van der Waals surface area contributed by atoms with Crippen molar-refractivity contribution < 1.29 is 14.3 Å². The van der Waals surface area contributed by atoms with E-state index < -0.39 is 0 Å². The summed E-state index contributed by atoms with van der Waals surface area (Å²) in [5, 5.41) is 0. The maximum Gasteiger partial charge on any atom is 0.214 e. The van der Waals surface area contributed by atoms with Gasteiger partial charge in [0.05, 0.1) is 22.1 Å². The summed E-state index contributed by atoms with van der Waals surface area (Å²) in [5.74, 6) is 0.896. The number of ketones is 2. The fourth-order valence-corrected chi connectivity index (χ4v) is 5.05. The van der Waals surface area contributed by atoms with Crippen LogP contribution in [0.3, 0.4) is 0 Å². The molecule has 2 aliphatic rings. The average Bonchev–Trinajstić information content (AvgIpc) is 3.37. The lowest BCUT2D eigenvalue weighted by Gasteiger charge is -2.09. The SMILES string of the molecule is O=C1c2ccccc2-c2nc3ccc(Oc4ccc5nc6c(nc5c4)-c4ccccc4C6=O)cc3nc21. The van der Waals surface area contributed by atoms with E-state index in [1.54, 1.807) is 36.4 Å². The summed E-state index contributed by atoms with van der Waals surface area (Å²) in [6.07, 6.45) is 0. The smallest absolute Gasteiger partial charge is 0.214 e. The van der Waals surface area contributed by atoms with Crippen LogP contribution in [0, 0.1) is 0 Å². The molecule has 2 heterocycles. The van der Waals surface area contributed by atoms with Crippen LogP contribution in [0.2, 0.25) is 0 Å². The summed E-state index contributed by atoms with van der Waals surface area (Å²) in [7, 11) is 0. The van der Waals surface area contributed by atoms with Gasteiger partial charge in [0.15, 0.2) is 0 Å². The summed E-state index contributed by atoms with van der Waals surface area (Å²) in [6, 6.07) is 25.6. The first-order chi connectivity index (χ1) is 18.1. The van der Waals surface area contributed by atoms with Crippen LogP contribution in [0.5, 0.6) is 11.5 Å². The van der Waals surface area contributed by atoms with Crippen molar-refractivity contribution in [2.24, 2.45) is 0 Å². The summed E-state index contributed by atoms with van der Waals surface area (Å²) in [5.41, 5.74) is 7.28. The molecule has 0 spiro atoms. The van der Waals surface area contributed by atoms with Crippen molar-refractivity contribution in [1.29, 1.82) is 0 Å². The molecule has 7 nitrogen and oxygen atoms in total. The molecule has 8 rings (SSSR count). The van der Waals surface area contributed by atoms with Gasteiger partial charge in [-0.05, 0) is 24.3 Å². The van der Waals surface area contributed by atoms with Crippen molar-refractivity contribution in [2.75, 3.05) is 0 Å². The van der Waals surface area contributed by atoms with Crippen molar-refractivity contribution in [1.82, 2.24) is 19.9 Å². The molecule has 6 aromatic rings. The minimum Gasteiger partial charge on any atom is -0.457 e. The molecule has 0 saturated carbocycles. The van der Waals surface area contributed by atoms with Crippen molar-refractivity contribution >= 4 is 33.6 Å². The van der Waals surface area contributed by atoms with E-state index in [1.165, 1.54) is 0 Å². The zero-order valence-corrected chi connectivity index (χ0v) is 19.1. The van der Waals surface area contributed by atoms with E-state index in [0.29, 0.717) is 67.5 Å². The van der Waals surface area contributed by atoms with E-state index in [1.807, 2.05) is 48.5 Å². The molecule has 0 aliphatic heterocycles. The minimum atomic E-state index is -0.119. The number of hydrogen-bond donors (Lipinski definition) is 0. The lowest BCUT2D eigenvalue weighted by Crippen LogP contribution is -2.00. The molecule has 0 atom stereocenters. The number of benzene rings is 4. The average molecular weight is 478 g/mol. The molecule has 37 heavy (non-hydrogen) atoms. The van der Waals surface area contributed by atoms with Gasteiger partial charge in [0.1, 0.15) is 34.3 Å². The molecule has 0 bridgehead atoms. The molecule has 2 aliphatic carbocycles. The zero-order chi connectivity index (χ0) is 24.7. The molecule has 0 fully saturated rings. The van der Waals surface area contributed by atoms with Crippen LogP contribution in [0.1, 0.15) is 32.1 Å². The Morgan fingerprint density at radius 3 is 1.35 bits per heavy atom. The molecule has 0 radical (unpaired) electrons. The van der Waals surface area contributed by atoms with E-state index in [4.69, 9.17) is 14.7 Å². The highest BCUT2D eigenvalue weighted by Gasteiger charge is 2.31. The van der Waals surface area contributed by atoms with Crippen LogP contribution in [-0.4, -0.2) is 31.5 Å². The number of carbonyl (C=O) groups is 2. The maximum atomic E-state index is 12.8. The van der Waals surface area contributed by atoms with Gasteiger partial charge in [-0.25, -0.2) is 19.9 Å². The molecule has 4 aromatic carbocycles. The van der Waals surface area contributed by atoms with Crippen molar-refractivity contribution in [3.8, 4) is 34.0 Å². The van der Waals surface area contributed by atoms with Crippen LogP contribution >= 0.6 is 0 Å². The molecule has 0 saturated heterocycles. The Labute approximate surface area is 209 Å². The van der Waals surface area contributed by atoms with Gasteiger partial charge in [-0.3, -0.25) is 9.59 Å². The quantitative estimate of drug-likeness (QED) is 0.310. The first kappa shape index (κ1) is 19.9. The monoisotopic (exact) mass is 478 g/mol. The lowest BCUT2D eigenvalue weighted by atomic mass is 10.1. The third-order valence-corrected chi connectivity index (χ3v) is 6.79. The fourth-order valence-electron chi connectivity index (χ4n) is 5.05. The van der Waals surface area contributed by atoms with Crippen LogP contribution in [0.15, 0.2) is 84.9 Å². The lowest BCUT2D eigenvalue weighted by molar-refractivity contribution is 0.103. The standard InChI is InChI=1S/C30H14N4O3/c35-29-20-8-4-2-6-18(20)26-27(29)32-22-12-10-15(13-23(22)33-26)37-16-9-11-21-24(14-16)34-28-25(31-21)17-5-1-3-7-19(17)30(28)36/h1-14H. The van der Waals surface area contributed by atoms with E-state index in [-0.39, 0.29) is 11.6 Å². The number of ether oxygens (including phenoxy) is 1. The summed E-state index contributed by atoms with van der Waals surface area (Å²) < 4.78 is 6.13. The molecule has 0 amide bonds. The van der Waals surface area contributed by atoms with Gasteiger partial charge in [-0.2, -0.15) is 0 Å². The van der Waals surface area contributed by atoms with Crippen LogP contribution < -0.4 is 4.74 Å². The second-order valence-corrected chi connectivity index (χ2v) is 8.99. The largest absolute Gasteiger partial charge is 0.457 e. The highest BCUT2D eigenvalue weighted by molar-refractivity contribution is 6.21. The number of fused-ring (bicyclic) bond motifs is 8. The maximum absolute atomic E-state index is 12.8. The molecule has 7 heteroatoms. The third-order valence-electron chi connectivity index (χ3n) is 6.79. The van der Waals surface area contributed by atoms with E-state index >= 15 is 0 Å². The second kappa shape index (κ2) is 7.11. The molecule has 0 unspecified atom stereocenters. The number of rotatable bonds is 2. The first-order valence-corrected chi connectivity index (χ1v) is 11.7. The molecule has 0 N–H and O–H groups in total. The van der Waals surface area contributed by atoms with Crippen LogP contribution in [0.4, 0.5) is 0 Å².